The van der Waals surface area contributed by atoms with Crippen molar-refractivity contribution in [2.24, 2.45) is 16.8 Å². The summed E-state index contributed by atoms with van der Waals surface area (Å²) in [6.07, 6.45) is 4.06. The predicted molar refractivity (Wildman–Crippen MR) is 170 cm³/mol. The molecule has 0 radical (unpaired) electrons. The number of hydrogen-bond donors (Lipinski definition) is 5. The van der Waals surface area contributed by atoms with Gasteiger partial charge < -0.3 is 25.5 Å². The molecule has 0 spiro atoms. The number of hydrogen-bond acceptors (Lipinski definition) is 5. The molecule has 2 amide bonds. The average molecular weight is 621 g/mol. The molecule has 5 heterocycles. The number of aromatic amines is 2. The minimum absolute atomic E-state index is 0.0199. The average Bonchev–Trinajstić information content (AvgIpc) is 3.53. The van der Waals surface area contributed by atoms with E-state index in [-0.39, 0.29) is 36.5 Å². The molecule has 0 bridgehead atoms. The molecule has 0 saturated carbocycles. The molecule has 0 unspecified atom stereocenters. The number of aliphatic imine (C=N–C) groups is 1. The van der Waals surface area contributed by atoms with Crippen LogP contribution in [0.1, 0.15) is 85.1 Å². The van der Waals surface area contributed by atoms with Crippen molar-refractivity contribution in [3.63, 3.8) is 0 Å². The van der Waals surface area contributed by atoms with Crippen LogP contribution >= 0.6 is 11.8 Å². The number of carboxylic acid groups (broad SMARTS) is 2. The number of aromatic nitrogens is 2. The normalized spacial score (nSPS) is 22.2. The van der Waals surface area contributed by atoms with Crippen LogP contribution in [-0.2, 0) is 44.9 Å². The van der Waals surface area contributed by atoms with Gasteiger partial charge in [0.05, 0.1) is 5.71 Å². The smallest absolute Gasteiger partial charge is 0.303 e. The molecule has 3 atom stereocenters. The van der Waals surface area contributed by atoms with Gasteiger partial charge in [-0.1, -0.05) is 13.8 Å². The summed E-state index contributed by atoms with van der Waals surface area (Å²) >= 11 is 1.85. The van der Waals surface area contributed by atoms with Crippen molar-refractivity contribution in [3.05, 3.63) is 61.9 Å². The number of carbonyl (C=O) groups is 4. The molecule has 5 rings (SSSR count). The second-order valence-electron chi connectivity index (χ2n) is 12.0. The molecule has 0 aromatic carbocycles. The Morgan fingerprint density at radius 2 is 1.57 bits per heavy atom. The zero-order chi connectivity index (χ0) is 31.9. The number of aliphatic carboxylic acids is 2. The number of thioether (sulfide) groups is 1. The molecule has 0 aliphatic carbocycles. The number of amides is 2. The molecule has 2 fully saturated rings. The molecular weight excluding hydrogens is 580 g/mol. The minimum atomic E-state index is -0.891. The highest BCUT2D eigenvalue weighted by Gasteiger charge is 2.45. The van der Waals surface area contributed by atoms with E-state index in [1.807, 2.05) is 52.5 Å². The largest absolute Gasteiger partial charge is 0.481 e. The Morgan fingerprint density at radius 1 is 0.955 bits per heavy atom. The van der Waals surface area contributed by atoms with Crippen LogP contribution in [0.5, 0.6) is 0 Å². The van der Waals surface area contributed by atoms with Crippen LogP contribution in [0.2, 0.25) is 0 Å². The fourth-order valence-electron chi connectivity index (χ4n) is 6.63. The lowest BCUT2D eigenvalue weighted by Crippen LogP contribution is -2.17. The van der Waals surface area contributed by atoms with E-state index in [1.165, 1.54) is 0 Å². The Bertz CT molecular complexity index is 1640. The summed E-state index contributed by atoms with van der Waals surface area (Å²) in [5.74, 6) is -0.911. The van der Waals surface area contributed by atoms with Gasteiger partial charge in [0, 0.05) is 82.6 Å². The maximum absolute atomic E-state index is 12.6. The van der Waals surface area contributed by atoms with Gasteiger partial charge >= 0.3 is 11.9 Å². The van der Waals surface area contributed by atoms with Gasteiger partial charge in [-0.15, -0.1) is 0 Å². The highest BCUT2D eigenvalue weighted by Crippen LogP contribution is 2.46. The zero-order valence-corrected chi connectivity index (χ0v) is 26.7. The van der Waals surface area contributed by atoms with Gasteiger partial charge in [-0.25, -0.2) is 4.99 Å². The molecule has 10 nitrogen and oxygen atoms in total. The molecule has 2 aromatic rings. The van der Waals surface area contributed by atoms with Gasteiger partial charge in [0.15, 0.2) is 0 Å². The topological polar surface area (TPSA) is 165 Å². The van der Waals surface area contributed by atoms with Crippen molar-refractivity contribution in [3.8, 4) is 0 Å². The van der Waals surface area contributed by atoms with Crippen molar-refractivity contribution >= 4 is 47.3 Å². The quantitative estimate of drug-likeness (QED) is 0.203. The molecule has 11 heteroatoms. The molecule has 5 N–H and O–H groups in total. The molecule has 3 aliphatic heterocycles. The first-order valence-corrected chi connectivity index (χ1v) is 16.2. The van der Waals surface area contributed by atoms with Crippen LogP contribution in [0.4, 0.5) is 0 Å². The van der Waals surface area contributed by atoms with Gasteiger partial charge in [-0.3, -0.25) is 19.2 Å². The van der Waals surface area contributed by atoms with Crippen molar-refractivity contribution < 1.29 is 29.4 Å². The van der Waals surface area contributed by atoms with Crippen LogP contribution in [0.15, 0.2) is 21.8 Å². The number of carbonyl (C=O) groups excluding carboxylic acids is 2. The zero-order valence-electron chi connectivity index (χ0n) is 25.8. The Morgan fingerprint density at radius 3 is 2.14 bits per heavy atom. The Hall–Kier alpha value is -3.86. The van der Waals surface area contributed by atoms with E-state index < -0.39 is 11.9 Å². The lowest BCUT2D eigenvalue weighted by molar-refractivity contribution is -0.138. The second-order valence-corrected chi connectivity index (χ2v) is 13.3. The van der Waals surface area contributed by atoms with E-state index >= 15 is 0 Å². The van der Waals surface area contributed by atoms with Gasteiger partial charge in [-0.2, -0.15) is 11.8 Å². The highest BCUT2D eigenvalue weighted by molar-refractivity contribution is 8.06. The van der Waals surface area contributed by atoms with E-state index in [4.69, 9.17) is 0 Å². The van der Waals surface area contributed by atoms with Crippen molar-refractivity contribution in [1.82, 2.24) is 15.3 Å². The maximum Gasteiger partial charge on any atom is 0.303 e. The van der Waals surface area contributed by atoms with Gasteiger partial charge in [0.2, 0.25) is 5.91 Å². The SMILES string of the molecule is CCC1=C(C)C(Cc2[nH]c(Cc3[nH]c(/C=C4\NC(=O)[C@H](C)[C@H]4[C@H]4CS4)c(C)c3CCC(=O)O)c(CCC(=O)O)c2C)=NC1=O. The van der Waals surface area contributed by atoms with Crippen LogP contribution in [0.3, 0.4) is 0 Å². The number of rotatable bonds is 13. The fraction of sp³-hybridized carbons (Fsp3) is 0.485. The fourth-order valence-corrected chi connectivity index (χ4v) is 7.54. The molecule has 2 aromatic heterocycles. The molecule has 3 aliphatic rings. The van der Waals surface area contributed by atoms with E-state index in [1.54, 1.807) is 0 Å². The third kappa shape index (κ3) is 6.33. The summed E-state index contributed by atoms with van der Waals surface area (Å²) in [5, 5.41) is 22.4. The third-order valence-electron chi connectivity index (χ3n) is 9.33. The summed E-state index contributed by atoms with van der Waals surface area (Å²) in [4.78, 5) is 59.5. The molecule has 234 valence electrons. The van der Waals surface area contributed by atoms with Gasteiger partial charge in [0.25, 0.3) is 5.91 Å². The Labute approximate surface area is 260 Å². The summed E-state index contributed by atoms with van der Waals surface area (Å²) in [7, 11) is 0. The van der Waals surface area contributed by atoms with E-state index in [2.05, 4.69) is 20.3 Å². The number of H-pyrrole nitrogens is 2. The number of nitrogens with zero attached hydrogens (tertiary/aromatic N) is 1. The molecular formula is C33H40N4O6S. The van der Waals surface area contributed by atoms with E-state index in [0.717, 1.165) is 73.3 Å². The Kier molecular flexibility index (Phi) is 9.06. The highest BCUT2D eigenvalue weighted by atomic mass is 32.2. The third-order valence-corrected chi connectivity index (χ3v) is 10.3. The number of nitrogens with one attached hydrogen (secondary N) is 3. The van der Waals surface area contributed by atoms with E-state index in [0.29, 0.717) is 37.4 Å². The maximum atomic E-state index is 12.6. The van der Waals surface area contributed by atoms with Crippen molar-refractivity contribution in [2.45, 2.75) is 84.8 Å². The standard InChI is InChI=1S/C33H40N4O6S/c1-6-19-15(2)24(36-33(19)43)11-22-16(3)20(7-9-29(38)39)25(34-22)13-26-21(8-10-30(40)41)17(4)23(35-26)12-27-31(28-14-44-28)18(5)32(42)37-27/h12,18,28,31,34-35H,6-11,13-14H2,1-5H3,(H,37,42)(H,38,39)(H,40,41)/b27-12-/t18-,28-,31-/m1/s1. The minimum Gasteiger partial charge on any atom is -0.481 e. The molecule has 44 heavy (non-hydrogen) atoms. The van der Waals surface area contributed by atoms with Crippen molar-refractivity contribution in [2.75, 3.05) is 5.75 Å². The van der Waals surface area contributed by atoms with Crippen LogP contribution in [0, 0.1) is 25.7 Å². The summed E-state index contributed by atoms with van der Waals surface area (Å²) in [6, 6.07) is 0. The lowest BCUT2D eigenvalue weighted by atomic mass is 9.91. The first-order valence-electron chi connectivity index (χ1n) is 15.2. The second kappa shape index (κ2) is 12.6. The van der Waals surface area contributed by atoms with Crippen molar-refractivity contribution in [1.29, 1.82) is 0 Å². The van der Waals surface area contributed by atoms with E-state index in [9.17, 15) is 29.4 Å². The van der Waals surface area contributed by atoms with Crippen LogP contribution in [0.25, 0.3) is 6.08 Å². The van der Waals surface area contributed by atoms with Gasteiger partial charge in [-0.05, 0) is 73.9 Å². The Balaban J connectivity index is 1.52. The first-order chi connectivity index (χ1) is 20.9. The van der Waals surface area contributed by atoms with Gasteiger partial charge in [0.1, 0.15) is 0 Å². The lowest BCUT2D eigenvalue weighted by Gasteiger charge is -2.12. The van der Waals surface area contributed by atoms with Crippen LogP contribution < -0.4 is 5.32 Å². The summed E-state index contributed by atoms with van der Waals surface area (Å²) in [5.41, 5.74) is 10.3. The monoisotopic (exact) mass is 620 g/mol. The first kappa shape index (κ1) is 31.6. The summed E-state index contributed by atoms with van der Waals surface area (Å²) in [6.45, 7) is 9.75. The number of allylic oxidation sites excluding steroid dienone is 2. The molecule has 2 saturated heterocycles. The predicted octanol–water partition coefficient (Wildman–Crippen LogP) is 4.67. The number of carboxylic acids is 2. The van der Waals surface area contributed by atoms with Crippen LogP contribution in [-0.4, -0.2) is 60.6 Å². The summed E-state index contributed by atoms with van der Waals surface area (Å²) < 4.78 is 0.